The van der Waals surface area contributed by atoms with Gasteiger partial charge in [-0.15, -0.1) is 11.8 Å². The van der Waals surface area contributed by atoms with Gasteiger partial charge in [0.2, 0.25) is 11.8 Å². The quantitative estimate of drug-likeness (QED) is 0.531. The molecule has 1 aliphatic rings. The van der Waals surface area contributed by atoms with E-state index in [1.165, 1.54) is 23.1 Å². The van der Waals surface area contributed by atoms with Gasteiger partial charge in [-0.3, -0.25) is 9.59 Å². The first-order valence-electron chi connectivity index (χ1n) is 9.35. The van der Waals surface area contributed by atoms with Crippen molar-refractivity contribution in [3.05, 3.63) is 42.5 Å². The molecule has 150 valence electrons. The summed E-state index contributed by atoms with van der Waals surface area (Å²) in [6.45, 7) is 1.86. The number of methoxy groups -OCH3 is 1. The van der Waals surface area contributed by atoms with Crippen LogP contribution >= 0.6 is 23.1 Å². The molecule has 2 N–H and O–H groups in total. The number of nitrogens with zero attached hydrogens (tertiary/aromatic N) is 1. The number of fused-ring (bicyclic) bond motifs is 1. The van der Waals surface area contributed by atoms with Crippen molar-refractivity contribution in [1.29, 1.82) is 0 Å². The molecule has 1 unspecified atom stereocenters. The zero-order chi connectivity index (χ0) is 20.4. The first-order chi connectivity index (χ1) is 14.0. The van der Waals surface area contributed by atoms with Gasteiger partial charge >= 0.3 is 0 Å². The number of thiazole rings is 1. The fraction of sp³-hybridized carbons (Fsp3) is 0.286. The van der Waals surface area contributed by atoms with Gasteiger partial charge in [0, 0.05) is 16.5 Å². The SMILES string of the molecule is COc1ccc2nc(NC(=O)C(C)Sc3ccc(NC(=O)C4CC4)cc3)sc2c1. The van der Waals surface area contributed by atoms with E-state index < -0.39 is 0 Å². The second kappa shape index (κ2) is 8.42. The Labute approximate surface area is 177 Å². The molecule has 0 bridgehead atoms. The van der Waals surface area contributed by atoms with Gasteiger partial charge < -0.3 is 15.4 Å². The molecule has 0 aliphatic heterocycles. The Morgan fingerprint density at radius 1 is 1.17 bits per heavy atom. The Morgan fingerprint density at radius 3 is 2.62 bits per heavy atom. The fourth-order valence-corrected chi connectivity index (χ4v) is 4.52. The highest BCUT2D eigenvalue weighted by Crippen LogP contribution is 2.32. The summed E-state index contributed by atoms with van der Waals surface area (Å²) in [4.78, 5) is 29.8. The van der Waals surface area contributed by atoms with Crippen LogP contribution < -0.4 is 15.4 Å². The summed E-state index contributed by atoms with van der Waals surface area (Å²) in [7, 11) is 1.62. The monoisotopic (exact) mass is 427 g/mol. The first kappa shape index (κ1) is 19.7. The Hall–Kier alpha value is -2.58. The van der Waals surface area contributed by atoms with Crippen LogP contribution in [-0.2, 0) is 9.59 Å². The molecular weight excluding hydrogens is 406 g/mol. The lowest BCUT2D eigenvalue weighted by Gasteiger charge is -2.11. The zero-order valence-electron chi connectivity index (χ0n) is 16.1. The third-order valence-corrected chi connectivity index (χ3v) is 6.62. The predicted octanol–water partition coefficient (Wildman–Crippen LogP) is 4.77. The van der Waals surface area contributed by atoms with E-state index in [0.717, 1.165) is 39.4 Å². The maximum absolute atomic E-state index is 12.6. The van der Waals surface area contributed by atoms with Crippen molar-refractivity contribution in [2.45, 2.75) is 29.9 Å². The normalized spacial score (nSPS) is 14.4. The molecule has 2 aromatic carbocycles. The molecule has 1 aromatic heterocycles. The van der Waals surface area contributed by atoms with Crippen LogP contribution in [0.4, 0.5) is 10.8 Å². The summed E-state index contributed by atoms with van der Waals surface area (Å²) in [6.07, 6.45) is 1.96. The first-order valence-corrected chi connectivity index (χ1v) is 11.0. The minimum atomic E-state index is -0.288. The summed E-state index contributed by atoms with van der Waals surface area (Å²) >= 11 is 2.88. The molecule has 1 atom stereocenters. The average molecular weight is 428 g/mol. The van der Waals surface area contributed by atoms with Gasteiger partial charge in [-0.25, -0.2) is 4.98 Å². The Morgan fingerprint density at radius 2 is 1.93 bits per heavy atom. The number of hydrogen-bond donors (Lipinski definition) is 2. The van der Waals surface area contributed by atoms with Crippen LogP contribution in [0.3, 0.4) is 0 Å². The molecule has 6 nitrogen and oxygen atoms in total. The van der Waals surface area contributed by atoms with Gasteiger partial charge in [0.15, 0.2) is 5.13 Å². The van der Waals surface area contributed by atoms with Crippen molar-refractivity contribution in [3.8, 4) is 5.75 Å². The summed E-state index contributed by atoms with van der Waals surface area (Å²) in [6, 6.07) is 13.2. The Kier molecular flexibility index (Phi) is 5.73. The fourth-order valence-electron chi connectivity index (χ4n) is 2.76. The lowest BCUT2D eigenvalue weighted by atomic mass is 10.3. The van der Waals surface area contributed by atoms with Crippen LogP contribution in [0, 0.1) is 5.92 Å². The third-order valence-electron chi connectivity index (χ3n) is 4.58. The average Bonchev–Trinajstić information content (AvgIpc) is 3.49. The standard InChI is InChI=1S/C21H21N3O3S2/c1-12(28-16-8-5-14(6-9-16)22-20(26)13-3-4-13)19(25)24-21-23-17-10-7-15(27-2)11-18(17)29-21/h5-13H,3-4H2,1-2H3,(H,22,26)(H,23,24,25). The number of hydrogen-bond acceptors (Lipinski definition) is 6. The molecular formula is C21H21N3O3S2. The smallest absolute Gasteiger partial charge is 0.239 e. The summed E-state index contributed by atoms with van der Waals surface area (Å²) < 4.78 is 6.19. The lowest BCUT2D eigenvalue weighted by Crippen LogP contribution is -2.22. The highest BCUT2D eigenvalue weighted by atomic mass is 32.2. The van der Waals surface area contributed by atoms with E-state index in [4.69, 9.17) is 4.74 Å². The molecule has 8 heteroatoms. The number of carbonyl (C=O) groups is 2. The molecule has 1 saturated carbocycles. The molecule has 0 radical (unpaired) electrons. The van der Waals surface area contributed by atoms with Crippen LogP contribution in [0.2, 0.25) is 0 Å². The van der Waals surface area contributed by atoms with E-state index in [1.54, 1.807) is 7.11 Å². The predicted molar refractivity (Wildman–Crippen MR) is 118 cm³/mol. The number of carbonyl (C=O) groups excluding carboxylic acids is 2. The van der Waals surface area contributed by atoms with Crippen molar-refractivity contribution in [1.82, 2.24) is 4.98 Å². The maximum atomic E-state index is 12.6. The van der Waals surface area contributed by atoms with Gasteiger partial charge in [-0.05, 0) is 62.2 Å². The summed E-state index contributed by atoms with van der Waals surface area (Å²) in [5, 5.41) is 6.10. The van der Waals surface area contributed by atoms with Crippen LogP contribution in [0.15, 0.2) is 47.4 Å². The molecule has 2 amide bonds. The molecule has 3 aromatic rings. The molecule has 1 heterocycles. The van der Waals surface area contributed by atoms with E-state index in [0.29, 0.717) is 5.13 Å². The number of nitrogens with one attached hydrogen (secondary N) is 2. The molecule has 1 aliphatic carbocycles. The summed E-state index contributed by atoms with van der Waals surface area (Å²) in [5.41, 5.74) is 1.61. The second-order valence-electron chi connectivity index (χ2n) is 6.89. The Bertz CT molecular complexity index is 1050. The number of amides is 2. The number of thioether (sulfide) groups is 1. The minimum absolute atomic E-state index is 0.0894. The highest BCUT2D eigenvalue weighted by molar-refractivity contribution is 8.00. The van der Waals surface area contributed by atoms with Gasteiger partial charge in [-0.2, -0.15) is 0 Å². The third kappa shape index (κ3) is 4.89. The number of rotatable bonds is 7. The Balaban J connectivity index is 1.34. The summed E-state index contributed by atoms with van der Waals surface area (Å²) in [5.74, 6) is 0.926. The second-order valence-corrected chi connectivity index (χ2v) is 9.33. The largest absolute Gasteiger partial charge is 0.497 e. The molecule has 4 rings (SSSR count). The van der Waals surface area contributed by atoms with E-state index in [9.17, 15) is 9.59 Å². The number of ether oxygens (including phenoxy) is 1. The lowest BCUT2D eigenvalue weighted by molar-refractivity contribution is -0.117. The van der Waals surface area contributed by atoms with Crippen LogP contribution in [0.25, 0.3) is 10.2 Å². The van der Waals surface area contributed by atoms with Crippen LogP contribution in [-0.4, -0.2) is 29.2 Å². The van der Waals surface area contributed by atoms with Gasteiger partial charge in [-0.1, -0.05) is 11.3 Å². The van der Waals surface area contributed by atoms with Gasteiger partial charge in [0.25, 0.3) is 0 Å². The molecule has 29 heavy (non-hydrogen) atoms. The zero-order valence-corrected chi connectivity index (χ0v) is 17.7. The number of anilines is 2. The molecule has 1 fully saturated rings. The van der Waals surface area contributed by atoms with Crippen molar-refractivity contribution in [2.24, 2.45) is 5.92 Å². The van der Waals surface area contributed by atoms with Crippen LogP contribution in [0.5, 0.6) is 5.75 Å². The topological polar surface area (TPSA) is 80.3 Å². The van der Waals surface area contributed by atoms with Crippen molar-refractivity contribution in [2.75, 3.05) is 17.7 Å². The maximum Gasteiger partial charge on any atom is 0.239 e. The number of benzene rings is 2. The van der Waals surface area contributed by atoms with Crippen molar-refractivity contribution < 1.29 is 14.3 Å². The van der Waals surface area contributed by atoms with E-state index in [-0.39, 0.29) is 23.0 Å². The molecule has 0 saturated heterocycles. The van der Waals surface area contributed by atoms with E-state index in [2.05, 4.69) is 15.6 Å². The minimum Gasteiger partial charge on any atom is -0.497 e. The van der Waals surface area contributed by atoms with E-state index in [1.807, 2.05) is 49.4 Å². The van der Waals surface area contributed by atoms with Gasteiger partial charge in [0.05, 0.1) is 22.6 Å². The highest BCUT2D eigenvalue weighted by Gasteiger charge is 2.29. The van der Waals surface area contributed by atoms with Crippen molar-refractivity contribution in [3.63, 3.8) is 0 Å². The van der Waals surface area contributed by atoms with Gasteiger partial charge in [0.1, 0.15) is 5.75 Å². The number of aromatic nitrogens is 1. The van der Waals surface area contributed by atoms with Crippen molar-refractivity contribution >= 4 is 55.9 Å². The van der Waals surface area contributed by atoms with E-state index >= 15 is 0 Å². The molecule has 0 spiro atoms. The van der Waals surface area contributed by atoms with Crippen LogP contribution in [0.1, 0.15) is 19.8 Å².